The largest absolute Gasteiger partial charge is 0.471 e. The summed E-state index contributed by atoms with van der Waals surface area (Å²) in [6.07, 6.45) is -4.23. The molecule has 0 saturated carbocycles. The third kappa shape index (κ3) is 2.87. The highest BCUT2D eigenvalue weighted by molar-refractivity contribution is 5.81. The van der Waals surface area contributed by atoms with E-state index in [0.29, 0.717) is 19.5 Å². The normalized spacial score (nSPS) is 28.6. The van der Waals surface area contributed by atoms with Crippen molar-refractivity contribution in [2.24, 2.45) is 5.92 Å². The van der Waals surface area contributed by atoms with E-state index in [1.54, 1.807) is 0 Å². The second-order valence-corrected chi connectivity index (χ2v) is 3.55. The van der Waals surface area contributed by atoms with Crippen molar-refractivity contribution in [3.05, 3.63) is 0 Å². The van der Waals surface area contributed by atoms with Gasteiger partial charge in [0.25, 0.3) is 0 Å². The van der Waals surface area contributed by atoms with Gasteiger partial charge in [-0.1, -0.05) is 6.92 Å². The first kappa shape index (κ1) is 11.3. The highest BCUT2D eigenvalue weighted by atomic mass is 19.4. The van der Waals surface area contributed by atoms with Crippen molar-refractivity contribution in [3.63, 3.8) is 0 Å². The average Bonchev–Trinajstić information content (AvgIpc) is 2.07. The van der Waals surface area contributed by atoms with Crippen LogP contribution >= 0.6 is 0 Å². The molecule has 0 radical (unpaired) electrons. The van der Waals surface area contributed by atoms with Crippen molar-refractivity contribution < 1.29 is 18.0 Å². The van der Waals surface area contributed by atoms with Crippen LogP contribution in [0.3, 0.4) is 0 Å². The van der Waals surface area contributed by atoms with Crippen LogP contribution in [0.4, 0.5) is 13.2 Å². The highest BCUT2D eigenvalue weighted by Gasteiger charge is 2.40. The lowest BCUT2D eigenvalue weighted by Crippen LogP contribution is -2.51. The molecule has 2 N–H and O–H groups in total. The fraction of sp³-hybridized carbons (Fsp3) is 0.875. The first-order chi connectivity index (χ1) is 6.41. The molecule has 0 bridgehead atoms. The second-order valence-electron chi connectivity index (χ2n) is 3.55. The maximum Gasteiger partial charge on any atom is 0.471 e. The molecule has 1 unspecified atom stereocenters. The molecule has 1 aliphatic heterocycles. The summed E-state index contributed by atoms with van der Waals surface area (Å²) >= 11 is 0. The van der Waals surface area contributed by atoms with Crippen molar-refractivity contribution in [1.29, 1.82) is 0 Å². The Morgan fingerprint density at radius 1 is 1.50 bits per heavy atom. The minimum Gasteiger partial charge on any atom is -0.345 e. The van der Waals surface area contributed by atoms with Gasteiger partial charge in [-0.05, 0) is 25.4 Å². The van der Waals surface area contributed by atoms with Gasteiger partial charge >= 0.3 is 12.1 Å². The van der Waals surface area contributed by atoms with E-state index < -0.39 is 12.1 Å². The second kappa shape index (κ2) is 4.16. The zero-order valence-electron chi connectivity index (χ0n) is 7.82. The highest BCUT2D eigenvalue weighted by Crippen LogP contribution is 2.17. The van der Waals surface area contributed by atoms with Crippen LogP contribution in [0.2, 0.25) is 0 Å². The van der Waals surface area contributed by atoms with Crippen molar-refractivity contribution in [2.45, 2.75) is 25.6 Å². The Morgan fingerprint density at radius 3 is 2.64 bits per heavy atom. The van der Waals surface area contributed by atoms with Crippen molar-refractivity contribution >= 4 is 5.91 Å². The molecule has 2 atom stereocenters. The predicted octanol–water partition coefficient (Wildman–Crippen LogP) is 0.663. The molecule has 0 aromatic carbocycles. The van der Waals surface area contributed by atoms with Gasteiger partial charge in [-0.3, -0.25) is 4.79 Å². The van der Waals surface area contributed by atoms with Gasteiger partial charge in [0.1, 0.15) is 0 Å². The number of hydrogen-bond donors (Lipinski definition) is 2. The molecule has 1 saturated heterocycles. The van der Waals surface area contributed by atoms with Gasteiger partial charge in [-0.15, -0.1) is 0 Å². The van der Waals surface area contributed by atoms with Gasteiger partial charge in [0, 0.05) is 6.04 Å². The minimum atomic E-state index is -4.77. The molecule has 0 aromatic rings. The lowest BCUT2D eigenvalue weighted by molar-refractivity contribution is -0.174. The van der Waals surface area contributed by atoms with Crippen LogP contribution in [0.1, 0.15) is 13.3 Å². The number of alkyl halides is 3. The Kier molecular flexibility index (Phi) is 3.36. The van der Waals surface area contributed by atoms with E-state index in [9.17, 15) is 18.0 Å². The molecule has 1 aliphatic rings. The quantitative estimate of drug-likeness (QED) is 0.667. The number of amides is 1. The fourth-order valence-electron chi connectivity index (χ4n) is 1.48. The monoisotopic (exact) mass is 210 g/mol. The van der Waals surface area contributed by atoms with Crippen LogP contribution in [0.5, 0.6) is 0 Å². The topological polar surface area (TPSA) is 41.1 Å². The summed E-state index contributed by atoms with van der Waals surface area (Å²) in [5.74, 6) is -1.80. The Morgan fingerprint density at radius 2 is 2.14 bits per heavy atom. The third-order valence-corrected chi connectivity index (χ3v) is 2.36. The van der Waals surface area contributed by atoms with E-state index in [1.165, 1.54) is 0 Å². The van der Waals surface area contributed by atoms with Gasteiger partial charge < -0.3 is 10.6 Å². The Bertz CT molecular complexity index is 217. The zero-order valence-corrected chi connectivity index (χ0v) is 7.82. The Labute approximate surface area is 80.0 Å². The summed E-state index contributed by atoms with van der Waals surface area (Å²) in [7, 11) is 0. The zero-order chi connectivity index (χ0) is 10.8. The maximum atomic E-state index is 11.9. The first-order valence-corrected chi connectivity index (χ1v) is 4.49. The lowest BCUT2D eigenvalue weighted by atomic mass is 9.95. The van der Waals surface area contributed by atoms with Crippen LogP contribution in [0, 0.1) is 5.92 Å². The van der Waals surface area contributed by atoms with Crippen LogP contribution in [-0.4, -0.2) is 31.2 Å². The summed E-state index contributed by atoms with van der Waals surface area (Å²) in [5.41, 5.74) is 0. The molecule has 1 amide bonds. The van der Waals surface area contributed by atoms with E-state index in [2.05, 4.69) is 5.32 Å². The molecule has 14 heavy (non-hydrogen) atoms. The third-order valence-electron chi connectivity index (χ3n) is 2.36. The molecule has 1 fully saturated rings. The molecular formula is C8H13F3N2O. The molecule has 0 aromatic heterocycles. The SMILES string of the molecule is CC1CNCC[C@H]1NC(=O)C(F)(F)F. The average molecular weight is 210 g/mol. The van der Waals surface area contributed by atoms with E-state index >= 15 is 0 Å². The van der Waals surface area contributed by atoms with Gasteiger partial charge in [-0.2, -0.15) is 13.2 Å². The maximum absolute atomic E-state index is 11.9. The smallest absolute Gasteiger partial charge is 0.345 e. The Hall–Kier alpha value is -0.780. The van der Waals surface area contributed by atoms with Gasteiger partial charge in [-0.25, -0.2) is 0 Å². The van der Waals surface area contributed by atoms with Crippen LogP contribution in [0.15, 0.2) is 0 Å². The molecule has 82 valence electrons. The number of hydrogen-bond acceptors (Lipinski definition) is 2. The number of halogens is 3. The standard InChI is InChI=1S/C8H13F3N2O/c1-5-4-12-3-2-6(5)13-7(14)8(9,10)11/h5-6,12H,2-4H2,1H3,(H,13,14)/t5?,6-/m1/s1. The molecular weight excluding hydrogens is 197 g/mol. The van der Waals surface area contributed by atoms with E-state index in [-0.39, 0.29) is 12.0 Å². The van der Waals surface area contributed by atoms with Gasteiger partial charge in [0.05, 0.1) is 0 Å². The van der Waals surface area contributed by atoms with Gasteiger partial charge in [0.15, 0.2) is 0 Å². The molecule has 6 heteroatoms. The summed E-state index contributed by atoms with van der Waals surface area (Å²) in [4.78, 5) is 10.6. The number of carbonyl (C=O) groups excluding carboxylic acids is 1. The van der Waals surface area contributed by atoms with Crippen LogP contribution in [0.25, 0.3) is 0 Å². The summed E-state index contributed by atoms with van der Waals surface area (Å²) in [6.45, 7) is 3.10. The lowest BCUT2D eigenvalue weighted by Gasteiger charge is -2.30. The van der Waals surface area contributed by atoms with Crippen molar-refractivity contribution in [3.8, 4) is 0 Å². The van der Waals surface area contributed by atoms with Crippen LogP contribution in [-0.2, 0) is 4.79 Å². The predicted molar refractivity (Wildman–Crippen MR) is 44.6 cm³/mol. The molecule has 0 spiro atoms. The molecule has 1 rings (SSSR count). The summed E-state index contributed by atoms with van der Waals surface area (Å²) in [6, 6.07) is -0.370. The minimum absolute atomic E-state index is 0.0371. The number of piperidine rings is 1. The summed E-state index contributed by atoms with van der Waals surface area (Å²) < 4.78 is 35.7. The number of rotatable bonds is 1. The molecule has 1 heterocycles. The van der Waals surface area contributed by atoms with Crippen LogP contribution < -0.4 is 10.6 Å². The number of nitrogens with one attached hydrogen (secondary N) is 2. The Balaban J connectivity index is 2.46. The van der Waals surface area contributed by atoms with Crippen molar-refractivity contribution in [2.75, 3.05) is 13.1 Å². The fourth-order valence-corrected chi connectivity index (χ4v) is 1.48. The number of carbonyl (C=O) groups is 1. The molecule has 3 nitrogen and oxygen atoms in total. The van der Waals surface area contributed by atoms with E-state index in [4.69, 9.17) is 0 Å². The van der Waals surface area contributed by atoms with Gasteiger partial charge in [0.2, 0.25) is 0 Å². The first-order valence-electron chi connectivity index (χ1n) is 4.49. The van der Waals surface area contributed by atoms with E-state index in [1.807, 2.05) is 12.2 Å². The molecule has 0 aliphatic carbocycles. The van der Waals surface area contributed by atoms with E-state index in [0.717, 1.165) is 0 Å². The van der Waals surface area contributed by atoms with Crippen molar-refractivity contribution in [1.82, 2.24) is 10.6 Å². The summed E-state index contributed by atoms with van der Waals surface area (Å²) in [5, 5.41) is 5.05.